The van der Waals surface area contributed by atoms with Crippen molar-refractivity contribution in [3.63, 3.8) is 0 Å². The number of hydrogen-bond donors (Lipinski definition) is 0. The predicted octanol–water partition coefficient (Wildman–Crippen LogP) is 0.679. The molecule has 0 unspecified atom stereocenters. The highest BCUT2D eigenvalue weighted by atomic mass is 32.2. The maximum absolute atomic E-state index is 12.1. The zero-order valence-electron chi connectivity index (χ0n) is 17.3. The largest absolute Gasteiger partial charge is 0.494 e. The Bertz CT molecular complexity index is 814. The van der Waals surface area contributed by atoms with Gasteiger partial charge < -0.3 is 19.1 Å². The van der Waals surface area contributed by atoms with Gasteiger partial charge >= 0.3 is 7.12 Å². The summed E-state index contributed by atoms with van der Waals surface area (Å²) in [6.45, 7) is 10.5. The summed E-state index contributed by atoms with van der Waals surface area (Å²) in [5, 5.41) is 0. The molecule has 2 aliphatic rings. The van der Waals surface area contributed by atoms with Crippen LogP contribution in [-0.2, 0) is 23.9 Å². The van der Waals surface area contributed by atoms with Crippen LogP contribution in [0.4, 0.5) is 5.69 Å². The number of piperazine rings is 1. The highest BCUT2D eigenvalue weighted by Gasteiger charge is 2.51. The monoisotopic (exact) mass is 408 g/mol. The molecule has 3 rings (SSSR count). The van der Waals surface area contributed by atoms with E-state index in [1.165, 1.54) is 0 Å². The van der Waals surface area contributed by atoms with Gasteiger partial charge in [-0.1, -0.05) is 12.1 Å². The lowest BCUT2D eigenvalue weighted by atomic mass is 9.79. The second-order valence-electron chi connectivity index (χ2n) is 8.62. The van der Waals surface area contributed by atoms with Gasteiger partial charge in [0.2, 0.25) is 5.91 Å². The summed E-state index contributed by atoms with van der Waals surface area (Å²) in [4.78, 5) is 15.9. The maximum Gasteiger partial charge on any atom is 0.494 e. The smallest absolute Gasteiger partial charge is 0.399 e. The number of carbonyl (C=O) groups is 1. The third kappa shape index (κ3) is 4.52. The van der Waals surface area contributed by atoms with Crippen LogP contribution in [-0.4, -0.2) is 75.7 Å². The number of carbonyl (C=O) groups excluding carboxylic acids is 1. The molecular weight excluding hydrogens is 379 g/mol. The number of hydrogen-bond acceptors (Lipinski definition) is 6. The van der Waals surface area contributed by atoms with Crippen LogP contribution in [0, 0.1) is 0 Å². The van der Waals surface area contributed by atoms with Crippen LogP contribution < -0.4 is 10.4 Å². The third-order valence-electron chi connectivity index (χ3n) is 5.80. The second-order valence-corrected chi connectivity index (χ2v) is 10.8. The Hall–Kier alpha value is -1.58. The van der Waals surface area contributed by atoms with E-state index in [4.69, 9.17) is 9.31 Å². The minimum absolute atomic E-state index is 0.321. The van der Waals surface area contributed by atoms with Gasteiger partial charge in [0.15, 0.2) is 9.84 Å². The highest BCUT2D eigenvalue weighted by molar-refractivity contribution is 7.91. The number of amides is 1. The van der Waals surface area contributed by atoms with Crippen molar-refractivity contribution >= 4 is 34.0 Å². The SMILES string of the molecule is CC1(C)OB(c2ccc(N3CCN(C(=O)CS(C)(=O)=O)CC3)cc2)OC1(C)C. The van der Waals surface area contributed by atoms with E-state index in [1.54, 1.807) is 4.90 Å². The summed E-state index contributed by atoms with van der Waals surface area (Å²) in [7, 11) is -3.68. The highest BCUT2D eigenvalue weighted by Crippen LogP contribution is 2.36. The summed E-state index contributed by atoms with van der Waals surface area (Å²) in [6.07, 6.45) is 1.09. The molecule has 0 atom stereocenters. The van der Waals surface area contributed by atoms with Crippen LogP contribution in [0.5, 0.6) is 0 Å². The zero-order chi connectivity index (χ0) is 20.7. The van der Waals surface area contributed by atoms with Crippen molar-refractivity contribution in [1.29, 1.82) is 0 Å². The lowest BCUT2D eigenvalue weighted by Crippen LogP contribution is -2.50. The Morgan fingerprint density at radius 1 is 1.00 bits per heavy atom. The molecule has 1 aromatic carbocycles. The first kappa shape index (κ1) is 21.1. The van der Waals surface area contributed by atoms with Gasteiger partial charge in [0.1, 0.15) is 5.75 Å². The summed E-state index contributed by atoms with van der Waals surface area (Å²) in [5.41, 5.74) is 1.30. The average Bonchev–Trinajstić information content (AvgIpc) is 2.81. The van der Waals surface area contributed by atoms with Crippen molar-refractivity contribution < 1.29 is 22.5 Å². The summed E-state index contributed by atoms with van der Waals surface area (Å²) in [5.74, 6) is -0.742. The number of rotatable bonds is 4. The van der Waals surface area contributed by atoms with Crippen molar-refractivity contribution in [2.24, 2.45) is 0 Å². The van der Waals surface area contributed by atoms with Crippen molar-refractivity contribution in [2.75, 3.05) is 43.1 Å². The summed E-state index contributed by atoms with van der Waals surface area (Å²) >= 11 is 0. The number of nitrogens with zero attached hydrogens (tertiary/aromatic N) is 2. The normalized spacial score (nSPS) is 21.8. The van der Waals surface area contributed by atoms with Crippen LogP contribution >= 0.6 is 0 Å². The van der Waals surface area contributed by atoms with Crippen LogP contribution in [0.25, 0.3) is 0 Å². The Labute approximate surface area is 168 Å². The van der Waals surface area contributed by atoms with Crippen LogP contribution in [0.3, 0.4) is 0 Å². The third-order valence-corrected chi connectivity index (χ3v) is 6.57. The van der Waals surface area contributed by atoms with Crippen molar-refractivity contribution in [1.82, 2.24) is 4.90 Å². The molecule has 9 heteroatoms. The lowest BCUT2D eigenvalue weighted by Gasteiger charge is -2.36. The molecule has 154 valence electrons. The van der Waals surface area contributed by atoms with Gasteiger partial charge in [0.25, 0.3) is 0 Å². The molecular formula is C19H29BN2O5S. The first-order chi connectivity index (χ1) is 12.9. The molecule has 2 heterocycles. The molecule has 0 spiro atoms. The predicted molar refractivity (Wildman–Crippen MR) is 111 cm³/mol. The van der Waals surface area contributed by atoms with E-state index in [1.807, 2.05) is 52.0 Å². The van der Waals surface area contributed by atoms with E-state index in [-0.39, 0.29) is 24.2 Å². The van der Waals surface area contributed by atoms with E-state index in [2.05, 4.69) is 4.90 Å². The Balaban J connectivity index is 1.59. The van der Waals surface area contributed by atoms with E-state index < -0.39 is 15.6 Å². The summed E-state index contributed by atoms with van der Waals surface area (Å²) in [6, 6.07) is 8.10. The van der Waals surface area contributed by atoms with Gasteiger partial charge in [0, 0.05) is 38.1 Å². The van der Waals surface area contributed by atoms with Crippen LogP contribution in [0.1, 0.15) is 27.7 Å². The van der Waals surface area contributed by atoms with Gasteiger partial charge in [0.05, 0.1) is 11.2 Å². The molecule has 0 aromatic heterocycles. The first-order valence-electron chi connectivity index (χ1n) is 9.54. The van der Waals surface area contributed by atoms with Crippen molar-refractivity contribution in [3.05, 3.63) is 24.3 Å². The van der Waals surface area contributed by atoms with Crippen molar-refractivity contribution in [2.45, 2.75) is 38.9 Å². The van der Waals surface area contributed by atoms with E-state index in [0.29, 0.717) is 26.2 Å². The molecule has 1 aromatic rings. The van der Waals surface area contributed by atoms with Gasteiger partial charge in [-0.3, -0.25) is 4.79 Å². The quantitative estimate of drug-likeness (QED) is 0.683. The van der Waals surface area contributed by atoms with E-state index >= 15 is 0 Å². The van der Waals surface area contributed by atoms with Gasteiger partial charge in [-0.05, 0) is 45.3 Å². The Morgan fingerprint density at radius 2 is 1.50 bits per heavy atom. The van der Waals surface area contributed by atoms with Crippen LogP contribution in [0.15, 0.2) is 24.3 Å². The van der Waals surface area contributed by atoms with Gasteiger partial charge in [-0.25, -0.2) is 8.42 Å². The second kappa shape index (κ2) is 7.35. The fraction of sp³-hybridized carbons (Fsp3) is 0.632. The van der Waals surface area contributed by atoms with Crippen molar-refractivity contribution in [3.8, 4) is 0 Å². The van der Waals surface area contributed by atoms with Crippen LogP contribution in [0.2, 0.25) is 0 Å². The fourth-order valence-corrected chi connectivity index (χ4v) is 3.98. The molecule has 0 saturated carbocycles. The number of sulfone groups is 1. The molecule has 0 bridgehead atoms. The van der Waals surface area contributed by atoms with E-state index in [9.17, 15) is 13.2 Å². The average molecular weight is 408 g/mol. The molecule has 2 aliphatic heterocycles. The fourth-order valence-electron chi connectivity index (χ4n) is 3.35. The lowest BCUT2D eigenvalue weighted by molar-refractivity contribution is -0.128. The molecule has 28 heavy (non-hydrogen) atoms. The molecule has 0 aliphatic carbocycles. The minimum atomic E-state index is -3.30. The molecule has 7 nitrogen and oxygen atoms in total. The van der Waals surface area contributed by atoms with E-state index in [0.717, 1.165) is 17.4 Å². The molecule has 0 radical (unpaired) electrons. The Kier molecular flexibility index (Phi) is 5.55. The molecule has 1 amide bonds. The molecule has 2 saturated heterocycles. The standard InChI is InChI=1S/C19H29BN2O5S/c1-18(2)19(3,4)27-20(26-18)15-6-8-16(9-7-15)21-10-12-22(13-11-21)17(23)14-28(5,24)25/h6-9H,10-14H2,1-5H3. The minimum Gasteiger partial charge on any atom is -0.399 e. The van der Waals surface area contributed by atoms with Gasteiger partial charge in [-0.15, -0.1) is 0 Å². The molecule has 2 fully saturated rings. The maximum atomic E-state index is 12.1. The molecule has 0 N–H and O–H groups in total. The topological polar surface area (TPSA) is 76.2 Å². The summed E-state index contributed by atoms with van der Waals surface area (Å²) < 4.78 is 34.8. The first-order valence-corrected chi connectivity index (χ1v) is 11.6. The Morgan fingerprint density at radius 3 is 1.96 bits per heavy atom. The van der Waals surface area contributed by atoms with Gasteiger partial charge in [-0.2, -0.15) is 0 Å². The zero-order valence-corrected chi connectivity index (χ0v) is 18.1. The number of benzene rings is 1. The number of anilines is 1.